The summed E-state index contributed by atoms with van der Waals surface area (Å²) in [6, 6.07) is 22.9. The average Bonchev–Trinajstić information content (AvgIpc) is 3.53. The van der Waals surface area contributed by atoms with Crippen molar-refractivity contribution < 1.29 is 19.1 Å². The molecule has 0 unspecified atom stereocenters. The molecule has 0 spiro atoms. The third kappa shape index (κ3) is 7.95. The number of rotatable bonds is 13. The van der Waals surface area contributed by atoms with Crippen LogP contribution in [0.1, 0.15) is 88.2 Å². The van der Waals surface area contributed by atoms with Gasteiger partial charge in [-0.25, -0.2) is 9.78 Å². The molecule has 7 heteroatoms. The zero-order valence-corrected chi connectivity index (χ0v) is 26.9. The number of methoxy groups -OCH3 is 1. The molecule has 0 saturated carbocycles. The topological polar surface area (TPSA) is 82.5 Å². The van der Waals surface area contributed by atoms with Gasteiger partial charge in [0.15, 0.2) is 5.54 Å². The Hall–Kier alpha value is -4.39. The maximum atomic E-state index is 13.2. The highest BCUT2D eigenvalue weighted by atomic mass is 16.5. The van der Waals surface area contributed by atoms with E-state index in [0.717, 1.165) is 41.3 Å². The van der Waals surface area contributed by atoms with Gasteiger partial charge in [-0.2, -0.15) is 0 Å². The van der Waals surface area contributed by atoms with Crippen LogP contribution < -0.4 is 10.1 Å². The van der Waals surface area contributed by atoms with E-state index >= 15 is 0 Å². The van der Waals surface area contributed by atoms with Gasteiger partial charge in [-0.05, 0) is 78.4 Å². The van der Waals surface area contributed by atoms with E-state index in [1.807, 2.05) is 71.4 Å². The summed E-state index contributed by atoms with van der Waals surface area (Å²) in [4.78, 5) is 30.8. The van der Waals surface area contributed by atoms with Gasteiger partial charge in [0.25, 0.3) is 5.91 Å². The Morgan fingerprint density at radius 1 is 0.818 bits per heavy atom. The molecule has 0 aliphatic carbocycles. The van der Waals surface area contributed by atoms with E-state index in [9.17, 15) is 9.59 Å². The molecule has 1 amide bonds. The highest BCUT2D eigenvalue weighted by Gasteiger charge is 2.38. The molecule has 0 saturated heterocycles. The van der Waals surface area contributed by atoms with Gasteiger partial charge in [0.05, 0.1) is 25.7 Å². The Bertz CT molecular complexity index is 1520. The summed E-state index contributed by atoms with van der Waals surface area (Å²) in [6.45, 7) is 11.0. The number of benzene rings is 3. The molecule has 0 bridgehead atoms. The standard InChI is InChI=1S/C37H45N3O4/c1-7-8-9-10-11-24-44-32-22-14-27(15-23-32)33-25-40(26-38-33)31-20-18-30(19-21-31)37(5,35(42)43-6)39-34(41)28-12-16-29(17-13-28)36(2,3)4/h12-23,25-26H,7-11,24H2,1-6H3,(H,39,41)/t37-/m0/s1. The van der Waals surface area contributed by atoms with Crippen LogP contribution in [0.25, 0.3) is 16.9 Å². The van der Waals surface area contributed by atoms with E-state index in [1.54, 1.807) is 25.4 Å². The minimum Gasteiger partial charge on any atom is -0.494 e. The average molecular weight is 596 g/mol. The lowest BCUT2D eigenvalue weighted by Crippen LogP contribution is -2.50. The third-order valence-electron chi connectivity index (χ3n) is 7.96. The van der Waals surface area contributed by atoms with Crippen molar-refractivity contribution in [2.75, 3.05) is 13.7 Å². The monoisotopic (exact) mass is 595 g/mol. The minimum atomic E-state index is -1.38. The number of aromatic nitrogens is 2. The van der Waals surface area contributed by atoms with E-state index in [4.69, 9.17) is 9.47 Å². The number of carbonyl (C=O) groups is 2. The zero-order chi connectivity index (χ0) is 31.7. The number of hydrogen-bond donors (Lipinski definition) is 1. The summed E-state index contributed by atoms with van der Waals surface area (Å²) < 4.78 is 12.9. The molecule has 0 aliphatic rings. The molecule has 1 aromatic heterocycles. The van der Waals surface area contributed by atoms with Crippen molar-refractivity contribution in [3.8, 4) is 22.7 Å². The highest BCUT2D eigenvalue weighted by molar-refractivity contribution is 5.98. The second-order valence-electron chi connectivity index (χ2n) is 12.4. The van der Waals surface area contributed by atoms with Crippen molar-refractivity contribution in [3.63, 3.8) is 0 Å². The molecule has 1 N–H and O–H groups in total. The van der Waals surface area contributed by atoms with Crippen molar-refractivity contribution in [1.29, 1.82) is 0 Å². The summed E-state index contributed by atoms with van der Waals surface area (Å²) in [7, 11) is 1.32. The second-order valence-corrected chi connectivity index (χ2v) is 12.4. The van der Waals surface area contributed by atoms with E-state index in [1.165, 1.54) is 32.8 Å². The molecule has 4 aromatic rings. The highest BCUT2D eigenvalue weighted by Crippen LogP contribution is 2.27. The Morgan fingerprint density at radius 3 is 2.07 bits per heavy atom. The predicted octanol–water partition coefficient (Wildman–Crippen LogP) is 8.00. The SMILES string of the molecule is CCCCCCCOc1ccc(-c2cn(-c3ccc([C@](C)(NC(=O)c4ccc(C(C)(C)C)cc4)C(=O)OC)cc3)cn2)cc1. The van der Waals surface area contributed by atoms with Crippen LogP contribution in [-0.2, 0) is 20.5 Å². The number of nitrogens with zero attached hydrogens (tertiary/aromatic N) is 2. The molecule has 7 nitrogen and oxygen atoms in total. The number of hydrogen-bond acceptors (Lipinski definition) is 5. The van der Waals surface area contributed by atoms with Crippen LogP contribution in [0.4, 0.5) is 0 Å². The quantitative estimate of drug-likeness (QED) is 0.125. The minimum absolute atomic E-state index is 0.0280. The van der Waals surface area contributed by atoms with Crippen LogP contribution in [0.3, 0.4) is 0 Å². The van der Waals surface area contributed by atoms with Crippen LogP contribution in [0.2, 0.25) is 0 Å². The van der Waals surface area contributed by atoms with Crippen LogP contribution in [-0.4, -0.2) is 35.1 Å². The first-order valence-electron chi connectivity index (χ1n) is 15.4. The van der Waals surface area contributed by atoms with Crippen molar-refractivity contribution in [2.45, 2.75) is 77.7 Å². The van der Waals surface area contributed by atoms with E-state index in [-0.39, 0.29) is 11.3 Å². The lowest BCUT2D eigenvalue weighted by molar-refractivity contribution is -0.148. The van der Waals surface area contributed by atoms with Crippen molar-refractivity contribution in [3.05, 3.63) is 102 Å². The maximum Gasteiger partial charge on any atom is 0.336 e. The van der Waals surface area contributed by atoms with Crippen molar-refractivity contribution in [2.24, 2.45) is 0 Å². The molecule has 1 atom stereocenters. The Kier molecular flexibility index (Phi) is 10.6. The van der Waals surface area contributed by atoms with Crippen LogP contribution in [0.15, 0.2) is 85.3 Å². The molecular weight excluding hydrogens is 550 g/mol. The third-order valence-corrected chi connectivity index (χ3v) is 7.96. The van der Waals surface area contributed by atoms with Crippen molar-refractivity contribution in [1.82, 2.24) is 14.9 Å². The van der Waals surface area contributed by atoms with Crippen LogP contribution in [0, 0.1) is 0 Å². The number of ether oxygens (including phenoxy) is 2. The van der Waals surface area contributed by atoms with Gasteiger partial charge in [0, 0.05) is 23.0 Å². The van der Waals surface area contributed by atoms with Gasteiger partial charge < -0.3 is 19.4 Å². The molecular formula is C37H45N3O4. The van der Waals surface area contributed by atoms with E-state index in [2.05, 4.69) is 38.0 Å². The van der Waals surface area contributed by atoms with Crippen LogP contribution in [0.5, 0.6) is 5.75 Å². The fraction of sp³-hybridized carbons (Fsp3) is 0.378. The smallest absolute Gasteiger partial charge is 0.336 e. The molecule has 1 heterocycles. The van der Waals surface area contributed by atoms with Gasteiger partial charge in [-0.3, -0.25) is 4.79 Å². The summed E-state index contributed by atoms with van der Waals surface area (Å²) in [5.41, 5.74) is 3.49. The Labute approximate surface area is 261 Å². The molecule has 44 heavy (non-hydrogen) atoms. The zero-order valence-electron chi connectivity index (χ0n) is 26.9. The predicted molar refractivity (Wildman–Crippen MR) is 175 cm³/mol. The van der Waals surface area contributed by atoms with E-state index < -0.39 is 11.5 Å². The molecule has 0 fully saturated rings. The first-order valence-corrected chi connectivity index (χ1v) is 15.4. The van der Waals surface area contributed by atoms with Gasteiger partial charge in [-0.1, -0.05) is 77.6 Å². The number of nitrogens with one attached hydrogen (secondary N) is 1. The molecule has 0 radical (unpaired) electrons. The van der Waals surface area contributed by atoms with Gasteiger partial charge in [-0.15, -0.1) is 0 Å². The van der Waals surface area contributed by atoms with E-state index in [0.29, 0.717) is 11.1 Å². The lowest BCUT2D eigenvalue weighted by atomic mass is 9.86. The number of carbonyl (C=O) groups excluding carboxylic acids is 2. The van der Waals surface area contributed by atoms with Crippen molar-refractivity contribution >= 4 is 11.9 Å². The fourth-order valence-electron chi connectivity index (χ4n) is 5.06. The normalized spacial score (nSPS) is 12.8. The van der Waals surface area contributed by atoms with Gasteiger partial charge in [0.1, 0.15) is 5.75 Å². The first-order chi connectivity index (χ1) is 21.0. The number of imidazole rings is 1. The Balaban J connectivity index is 1.44. The first kappa shape index (κ1) is 32.5. The fourth-order valence-corrected chi connectivity index (χ4v) is 5.06. The van der Waals surface area contributed by atoms with Gasteiger partial charge in [0.2, 0.25) is 0 Å². The molecule has 0 aliphatic heterocycles. The van der Waals surface area contributed by atoms with Gasteiger partial charge >= 0.3 is 5.97 Å². The lowest BCUT2D eigenvalue weighted by Gasteiger charge is -2.29. The largest absolute Gasteiger partial charge is 0.494 e. The maximum absolute atomic E-state index is 13.2. The summed E-state index contributed by atoms with van der Waals surface area (Å²) in [5, 5.41) is 2.91. The second kappa shape index (κ2) is 14.4. The summed E-state index contributed by atoms with van der Waals surface area (Å²) in [6.07, 6.45) is 9.78. The van der Waals surface area contributed by atoms with Crippen LogP contribution >= 0.6 is 0 Å². The summed E-state index contributed by atoms with van der Waals surface area (Å²) in [5.74, 6) is -0.0502. The molecule has 3 aromatic carbocycles. The number of esters is 1. The number of amides is 1. The molecule has 232 valence electrons. The Morgan fingerprint density at radius 2 is 1.45 bits per heavy atom. The number of unbranched alkanes of at least 4 members (excludes halogenated alkanes) is 4. The summed E-state index contributed by atoms with van der Waals surface area (Å²) >= 11 is 0. The molecule has 4 rings (SSSR count).